The highest BCUT2D eigenvalue weighted by Gasteiger charge is 2.75. The molecule has 1 heterocycles. The first-order chi connectivity index (χ1) is 10.0. The molecular weight excluding hydrogens is 286 g/mol. The summed E-state index contributed by atoms with van der Waals surface area (Å²) in [5.74, 6) is 0.924. The van der Waals surface area contributed by atoms with Crippen LogP contribution in [0.4, 0.5) is 0 Å². The second-order valence-corrected chi connectivity index (χ2v) is 9.09. The van der Waals surface area contributed by atoms with Crippen molar-refractivity contribution in [3.05, 3.63) is 35.9 Å². The van der Waals surface area contributed by atoms with E-state index >= 15 is 0 Å². The molecule has 1 aromatic carbocycles. The van der Waals surface area contributed by atoms with Crippen LogP contribution in [-0.4, -0.2) is 43.3 Å². The maximum Gasteiger partial charge on any atom is 0.229 e. The summed E-state index contributed by atoms with van der Waals surface area (Å²) in [7, 11) is -3.09. The molecule has 5 heteroatoms. The van der Waals surface area contributed by atoms with Gasteiger partial charge in [-0.1, -0.05) is 30.3 Å². The summed E-state index contributed by atoms with van der Waals surface area (Å²) in [5, 5.41) is -0.454. The first-order valence-electron chi connectivity index (χ1n) is 7.56. The van der Waals surface area contributed by atoms with Crippen LogP contribution in [0.2, 0.25) is 0 Å². The second kappa shape index (κ2) is 4.32. The quantitative estimate of drug-likeness (QED) is 0.845. The van der Waals surface area contributed by atoms with Gasteiger partial charge in [0.25, 0.3) is 0 Å². The fraction of sp³-hybridized carbons (Fsp3) is 0.562. The molecule has 2 saturated carbocycles. The molecule has 1 aromatic rings. The lowest BCUT2D eigenvalue weighted by Crippen LogP contribution is -2.51. The minimum absolute atomic E-state index is 0.0571. The number of sulfone groups is 1. The zero-order chi connectivity index (χ0) is 14.7. The Morgan fingerprint density at radius 3 is 2.52 bits per heavy atom. The van der Waals surface area contributed by atoms with E-state index in [1.807, 2.05) is 35.2 Å². The fourth-order valence-corrected chi connectivity index (χ4v) is 5.14. The van der Waals surface area contributed by atoms with Crippen LogP contribution in [0.3, 0.4) is 0 Å². The van der Waals surface area contributed by atoms with E-state index in [1.165, 1.54) is 0 Å². The van der Waals surface area contributed by atoms with Gasteiger partial charge in [-0.3, -0.25) is 4.79 Å². The first-order valence-corrected chi connectivity index (χ1v) is 9.28. The Balaban J connectivity index is 1.51. The summed E-state index contributed by atoms with van der Waals surface area (Å²) in [5.41, 5.74) is 0.965. The molecule has 3 fully saturated rings. The zero-order valence-electron chi connectivity index (χ0n) is 11.9. The molecule has 1 aliphatic heterocycles. The SMILES string of the molecule is O=C(N1CCS(=O)(=O)C(Cc2ccccc2)C1)C12CC1C2. The Morgan fingerprint density at radius 1 is 1.24 bits per heavy atom. The van der Waals surface area contributed by atoms with Crippen molar-refractivity contribution in [2.24, 2.45) is 11.3 Å². The Hall–Kier alpha value is -1.36. The van der Waals surface area contributed by atoms with Crippen molar-refractivity contribution in [2.75, 3.05) is 18.8 Å². The van der Waals surface area contributed by atoms with Crippen molar-refractivity contribution < 1.29 is 13.2 Å². The van der Waals surface area contributed by atoms with Crippen LogP contribution in [0.5, 0.6) is 0 Å². The topological polar surface area (TPSA) is 54.5 Å². The number of hydrogen-bond acceptors (Lipinski definition) is 3. The number of benzene rings is 1. The average Bonchev–Trinajstić information content (AvgIpc) is 3.31. The van der Waals surface area contributed by atoms with E-state index < -0.39 is 15.1 Å². The molecule has 112 valence electrons. The van der Waals surface area contributed by atoms with Crippen molar-refractivity contribution in [3.63, 3.8) is 0 Å². The van der Waals surface area contributed by atoms with E-state index in [0.29, 0.717) is 25.4 Å². The highest BCUT2D eigenvalue weighted by Crippen LogP contribution is 2.76. The van der Waals surface area contributed by atoms with E-state index in [-0.39, 0.29) is 17.1 Å². The minimum Gasteiger partial charge on any atom is -0.340 e. The number of nitrogens with zero attached hydrogens (tertiary/aromatic N) is 1. The number of amides is 1. The molecule has 1 atom stereocenters. The molecule has 21 heavy (non-hydrogen) atoms. The maximum atomic E-state index is 12.5. The maximum absolute atomic E-state index is 12.5. The lowest BCUT2D eigenvalue weighted by molar-refractivity contribution is -0.134. The monoisotopic (exact) mass is 305 g/mol. The van der Waals surface area contributed by atoms with Gasteiger partial charge in [0.1, 0.15) is 0 Å². The molecule has 0 spiro atoms. The molecule has 1 saturated heterocycles. The molecule has 4 nitrogen and oxygen atoms in total. The second-order valence-electron chi connectivity index (χ2n) is 6.69. The smallest absolute Gasteiger partial charge is 0.229 e. The largest absolute Gasteiger partial charge is 0.340 e. The third-order valence-corrected chi connectivity index (χ3v) is 7.36. The number of carbonyl (C=O) groups excluding carboxylic acids is 1. The lowest BCUT2D eigenvalue weighted by atomic mass is 10.1. The highest BCUT2D eigenvalue weighted by atomic mass is 32.2. The number of hydrogen-bond donors (Lipinski definition) is 0. The van der Waals surface area contributed by atoms with Crippen LogP contribution in [0.15, 0.2) is 30.3 Å². The summed E-state index contributed by atoms with van der Waals surface area (Å²) in [4.78, 5) is 14.3. The summed E-state index contributed by atoms with van der Waals surface area (Å²) in [6.45, 7) is 0.742. The van der Waals surface area contributed by atoms with Crippen LogP contribution in [0.25, 0.3) is 0 Å². The molecule has 0 bridgehead atoms. The van der Waals surface area contributed by atoms with E-state index in [2.05, 4.69) is 0 Å². The molecule has 0 N–H and O–H groups in total. The highest BCUT2D eigenvalue weighted by molar-refractivity contribution is 7.92. The van der Waals surface area contributed by atoms with Crippen molar-refractivity contribution in [3.8, 4) is 0 Å². The van der Waals surface area contributed by atoms with E-state index in [0.717, 1.165) is 18.4 Å². The lowest BCUT2D eigenvalue weighted by Gasteiger charge is -2.33. The van der Waals surface area contributed by atoms with E-state index in [4.69, 9.17) is 0 Å². The van der Waals surface area contributed by atoms with Gasteiger partial charge >= 0.3 is 0 Å². The Bertz CT molecular complexity index is 677. The third kappa shape index (κ3) is 2.18. The van der Waals surface area contributed by atoms with Crippen LogP contribution >= 0.6 is 0 Å². The van der Waals surface area contributed by atoms with Gasteiger partial charge < -0.3 is 4.90 Å². The van der Waals surface area contributed by atoms with Crippen LogP contribution in [-0.2, 0) is 21.1 Å². The van der Waals surface area contributed by atoms with Crippen molar-refractivity contribution in [1.29, 1.82) is 0 Å². The van der Waals surface area contributed by atoms with Crippen LogP contribution < -0.4 is 0 Å². The number of rotatable bonds is 3. The molecule has 0 radical (unpaired) electrons. The number of fused-ring (bicyclic) bond motifs is 1. The van der Waals surface area contributed by atoms with Gasteiger partial charge in [0.2, 0.25) is 5.91 Å². The van der Waals surface area contributed by atoms with Crippen molar-refractivity contribution >= 4 is 15.7 Å². The first kappa shape index (κ1) is 13.3. The van der Waals surface area contributed by atoms with Crippen LogP contribution in [0.1, 0.15) is 18.4 Å². The zero-order valence-corrected chi connectivity index (χ0v) is 12.7. The summed E-state index contributed by atoms with van der Waals surface area (Å²) in [6, 6.07) is 9.67. The molecule has 3 aliphatic rings. The Labute approximate surface area is 125 Å². The third-order valence-electron chi connectivity index (χ3n) is 5.28. The van der Waals surface area contributed by atoms with E-state index in [1.54, 1.807) is 0 Å². The van der Waals surface area contributed by atoms with Gasteiger partial charge in [-0.15, -0.1) is 0 Å². The van der Waals surface area contributed by atoms with Gasteiger partial charge in [0.15, 0.2) is 9.84 Å². The molecule has 1 unspecified atom stereocenters. The number of carbonyl (C=O) groups is 1. The van der Waals surface area contributed by atoms with Crippen LogP contribution in [0, 0.1) is 11.3 Å². The van der Waals surface area contributed by atoms with Gasteiger partial charge in [-0.05, 0) is 30.7 Å². The van der Waals surface area contributed by atoms with Gasteiger partial charge in [-0.25, -0.2) is 8.42 Å². The van der Waals surface area contributed by atoms with Gasteiger partial charge in [-0.2, -0.15) is 0 Å². The summed E-state index contributed by atoms with van der Waals surface area (Å²) in [6.07, 6.45) is 2.56. The Morgan fingerprint density at radius 2 is 1.90 bits per heavy atom. The molecule has 0 aromatic heterocycles. The molecule has 2 aliphatic carbocycles. The van der Waals surface area contributed by atoms with E-state index in [9.17, 15) is 13.2 Å². The summed E-state index contributed by atoms with van der Waals surface area (Å²) >= 11 is 0. The van der Waals surface area contributed by atoms with Crippen molar-refractivity contribution in [1.82, 2.24) is 4.90 Å². The predicted molar refractivity (Wildman–Crippen MR) is 79.5 cm³/mol. The molecular formula is C16H19NO3S. The summed E-state index contributed by atoms with van der Waals surface area (Å²) < 4.78 is 24.6. The van der Waals surface area contributed by atoms with Gasteiger partial charge in [0, 0.05) is 13.1 Å². The minimum atomic E-state index is -3.09. The predicted octanol–water partition coefficient (Wildman–Crippen LogP) is 1.26. The van der Waals surface area contributed by atoms with Gasteiger partial charge in [0.05, 0.1) is 16.4 Å². The molecule has 1 amide bonds. The normalized spacial score (nSPS) is 35.9. The standard InChI is InChI=1S/C16H19NO3S/c18-15(16-9-13(16)10-16)17-6-7-21(19,20)14(11-17)8-12-4-2-1-3-5-12/h1-5,13-14H,6-11H2. The fourth-order valence-electron chi connectivity index (χ4n) is 3.47. The Kier molecular flexibility index (Phi) is 2.74. The molecule has 4 rings (SSSR count). The average molecular weight is 305 g/mol. The van der Waals surface area contributed by atoms with Crippen molar-refractivity contribution in [2.45, 2.75) is 24.5 Å².